The largest absolute Gasteiger partial charge is 0.616 e. The number of unbranched alkanes of at least 4 members (excludes halogenated alkanes) is 5. The SMILES string of the molecule is CC1=C(C(=O)OC(c2ccccc2)c2ccccc2)N2C(=O)C(NC(=O)COc3ccccc3)[C@H]2SC1.CCCCCCCC[S+]([O-])C(C)Cc1ccc2c(c1)OCO2. The molecule has 0 aromatic heterocycles. The summed E-state index contributed by atoms with van der Waals surface area (Å²) in [5, 5.41) is 2.56. The van der Waals surface area contributed by atoms with Gasteiger partial charge >= 0.3 is 5.97 Å². The zero-order valence-corrected chi connectivity index (χ0v) is 35.6. The molecule has 0 saturated carbocycles. The summed E-state index contributed by atoms with van der Waals surface area (Å²) in [4.78, 5) is 40.5. The maximum absolute atomic E-state index is 13.5. The minimum atomic E-state index is -0.743. The molecule has 0 radical (unpaired) electrons. The quantitative estimate of drug-likeness (QED) is 0.0454. The van der Waals surface area contributed by atoms with Gasteiger partial charge in [-0.3, -0.25) is 14.5 Å². The molecule has 3 aliphatic rings. The van der Waals surface area contributed by atoms with Gasteiger partial charge < -0.3 is 28.8 Å². The van der Waals surface area contributed by atoms with Gasteiger partial charge in [0, 0.05) is 12.2 Å². The van der Waals surface area contributed by atoms with Crippen LogP contribution in [-0.4, -0.2) is 68.8 Å². The Bertz CT molecular complexity index is 1980. The van der Waals surface area contributed by atoms with Crippen LogP contribution in [0.5, 0.6) is 17.2 Å². The number of nitrogens with zero attached hydrogens (tertiary/aromatic N) is 1. The summed E-state index contributed by atoms with van der Waals surface area (Å²) in [6.45, 7) is 6.24. The first kappa shape index (κ1) is 43.7. The van der Waals surface area contributed by atoms with Crippen LogP contribution in [0, 0.1) is 0 Å². The molecule has 4 aromatic carbocycles. The van der Waals surface area contributed by atoms with E-state index >= 15 is 0 Å². The predicted molar refractivity (Wildman–Crippen MR) is 233 cm³/mol. The van der Waals surface area contributed by atoms with Crippen molar-refractivity contribution in [3.63, 3.8) is 0 Å². The molecule has 4 aromatic rings. The number of fused-ring (bicyclic) bond motifs is 2. The second-order valence-electron chi connectivity index (χ2n) is 14.8. The fourth-order valence-corrected chi connectivity index (χ4v) is 9.67. The first-order chi connectivity index (χ1) is 28.7. The fraction of sp³-hybridized carbons (Fsp3) is 0.383. The van der Waals surface area contributed by atoms with Crippen molar-refractivity contribution >= 4 is 40.7 Å². The van der Waals surface area contributed by atoms with Crippen molar-refractivity contribution in [2.75, 3.05) is 24.9 Å². The van der Waals surface area contributed by atoms with E-state index in [0.717, 1.165) is 46.8 Å². The van der Waals surface area contributed by atoms with Crippen LogP contribution in [-0.2, 0) is 36.7 Å². The van der Waals surface area contributed by atoms with E-state index in [1.807, 2.05) is 104 Å². The predicted octanol–water partition coefficient (Wildman–Crippen LogP) is 8.53. The first-order valence-electron chi connectivity index (χ1n) is 20.4. The average Bonchev–Trinajstić information content (AvgIpc) is 3.74. The van der Waals surface area contributed by atoms with E-state index < -0.39 is 35.2 Å². The molecule has 312 valence electrons. The van der Waals surface area contributed by atoms with Crippen molar-refractivity contribution in [1.82, 2.24) is 10.2 Å². The number of benzene rings is 4. The second kappa shape index (κ2) is 21.9. The van der Waals surface area contributed by atoms with Gasteiger partial charge in [-0.2, -0.15) is 0 Å². The summed E-state index contributed by atoms with van der Waals surface area (Å²) in [7, 11) is 0. The Balaban J connectivity index is 0.000000227. The molecular formula is C47H54N2O8S2. The van der Waals surface area contributed by atoms with Crippen LogP contribution in [0.2, 0.25) is 0 Å². The minimum absolute atomic E-state index is 0.191. The van der Waals surface area contributed by atoms with Gasteiger partial charge in [0.15, 0.2) is 24.2 Å². The molecule has 1 saturated heterocycles. The molecule has 59 heavy (non-hydrogen) atoms. The Kier molecular flexibility index (Phi) is 16.2. The molecule has 0 bridgehead atoms. The zero-order chi connectivity index (χ0) is 41.6. The van der Waals surface area contributed by atoms with Crippen LogP contribution in [0.3, 0.4) is 0 Å². The van der Waals surface area contributed by atoms with E-state index in [-0.39, 0.29) is 28.8 Å². The van der Waals surface area contributed by atoms with E-state index in [0.29, 0.717) is 18.3 Å². The van der Waals surface area contributed by atoms with Gasteiger partial charge in [0.2, 0.25) is 6.79 Å². The van der Waals surface area contributed by atoms with Crippen molar-refractivity contribution in [3.05, 3.63) is 137 Å². The van der Waals surface area contributed by atoms with Crippen LogP contribution in [0.1, 0.15) is 82.1 Å². The number of para-hydroxylation sites is 1. The second-order valence-corrected chi connectivity index (χ2v) is 17.9. The lowest BCUT2D eigenvalue weighted by Gasteiger charge is -2.49. The van der Waals surface area contributed by atoms with E-state index in [2.05, 4.69) is 19.2 Å². The molecule has 0 spiro atoms. The third-order valence-electron chi connectivity index (χ3n) is 10.3. The molecule has 12 heteroatoms. The number of nitrogens with one attached hydrogen (secondary N) is 1. The standard InChI is InChI=1S/C29H26N2O5S.C18H28O3S/c1-19-18-37-28-24(30-23(32)17-35-22-15-9-4-10-16-22)27(33)31(28)25(19)29(34)36-26(20-11-5-2-6-12-20)21-13-7-3-8-14-21;1-3-4-5-6-7-8-11-22(19)15(2)12-16-9-10-17-18(13-16)21-14-20-17/h2-16,24,26,28H,17-18H2,1H3,(H,30,32);9-10,13,15H,3-8,11-12,14H2,1-2H3/t24?,28-;/m1./s1. The Labute approximate surface area is 355 Å². The third-order valence-corrected chi connectivity index (χ3v) is 13.5. The Morgan fingerprint density at radius 1 is 0.881 bits per heavy atom. The lowest BCUT2D eigenvalue weighted by molar-refractivity contribution is -0.154. The molecule has 3 aliphatic heterocycles. The van der Waals surface area contributed by atoms with Gasteiger partial charge in [0.05, 0.1) is 0 Å². The maximum Gasteiger partial charge on any atom is 0.356 e. The molecule has 2 amide bonds. The summed E-state index contributed by atoms with van der Waals surface area (Å²) in [5.74, 6) is 2.27. The molecular weight excluding hydrogens is 785 g/mol. The van der Waals surface area contributed by atoms with Crippen LogP contribution < -0.4 is 19.5 Å². The highest BCUT2D eigenvalue weighted by molar-refractivity contribution is 8.00. The van der Waals surface area contributed by atoms with E-state index in [9.17, 15) is 18.9 Å². The number of hydrogen-bond acceptors (Lipinski definition) is 9. The van der Waals surface area contributed by atoms with Crippen LogP contribution in [0.25, 0.3) is 0 Å². The van der Waals surface area contributed by atoms with Crippen LogP contribution >= 0.6 is 11.8 Å². The highest BCUT2D eigenvalue weighted by Crippen LogP contribution is 2.41. The molecule has 10 nitrogen and oxygen atoms in total. The Hall–Kier alpha value is -4.91. The smallest absolute Gasteiger partial charge is 0.356 e. The number of ether oxygens (including phenoxy) is 4. The van der Waals surface area contributed by atoms with Crippen LogP contribution in [0.4, 0.5) is 0 Å². The fourth-order valence-electron chi connectivity index (χ4n) is 7.11. The van der Waals surface area contributed by atoms with Crippen molar-refractivity contribution in [2.45, 2.75) is 88.5 Å². The van der Waals surface area contributed by atoms with Crippen molar-refractivity contribution in [2.24, 2.45) is 0 Å². The van der Waals surface area contributed by atoms with Gasteiger partial charge in [-0.25, -0.2) is 4.79 Å². The monoisotopic (exact) mass is 838 g/mol. The number of rotatable bonds is 18. The summed E-state index contributed by atoms with van der Waals surface area (Å²) in [6.07, 6.45) is 7.70. The molecule has 4 atom stereocenters. The van der Waals surface area contributed by atoms with Crippen molar-refractivity contribution in [1.29, 1.82) is 0 Å². The summed E-state index contributed by atoms with van der Waals surface area (Å²) < 4.78 is 34.6. The van der Waals surface area contributed by atoms with Gasteiger partial charge in [-0.05, 0) is 73.2 Å². The molecule has 3 heterocycles. The number of carbonyl (C=O) groups is 3. The molecule has 0 aliphatic carbocycles. The number of β-lactam (4-membered cyclic amide) rings is 1. The van der Waals surface area contributed by atoms with Gasteiger partial charge in [-0.15, -0.1) is 11.8 Å². The van der Waals surface area contributed by atoms with Crippen molar-refractivity contribution in [3.8, 4) is 17.2 Å². The molecule has 1 fully saturated rings. The summed E-state index contributed by atoms with van der Waals surface area (Å²) in [6, 6.07) is 33.3. The number of thioether (sulfide) groups is 1. The first-order valence-corrected chi connectivity index (χ1v) is 22.8. The number of esters is 1. The van der Waals surface area contributed by atoms with Crippen molar-refractivity contribution < 1.29 is 37.9 Å². The lowest BCUT2D eigenvalue weighted by atomic mass is 10.0. The van der Waals surface area contributed by atoms with E-state index in [4.69, 9.17) is 18.9 Å². The van der Waals surface area contributed by atoms with E-state index in [1.165, 1.54) is 54.3 Å². The number of hydrogen-bond donors (Lipinski definition) is 1. The summed E-state index contributed by atoms with van der Waals surface area (Å²) in [5.41, 5.74) is 3.85. The Morgan fingerprint density at radius 2 is 1.51 bits per heavy atom. The molecule has 3 unspecified atom stereocenters. The highest BCUT2D eigenvalue weighted by Gasteiger charge is 2.54. The minimum Gasteiger partial charge on any atom is -0.616 e. The Morgan fingerprint density at radius 3 is 2.19 bits per heavy atom. The lowest BCUT2D eigenvalue weighted by Crippen LogP contribution is -2.70. The normalized spacial score (nSPS) is 17.6. The topological polar surface area (TPSA) is 126 Å². The zero-order valence-electron chi connectivity index (χ0n) is 34.0. The molecule has 7 rings (SSSR count). The highest BCUT2D eigenvalue weighted by atomic mass is 32.2. The summed E-state index contributed by atoms with van der Waals surface area (Å²) >= 11 is 0.763. The number of carbonyl (C=O) groups excluding carboxylic acids is 3. The number of amides is 2. The van der Waals surface area contributed by atoms with Crippen LogP contribution in [0.15, 0.2) is 120 Å². The maximum atomic E-state index is 13.5. The molecule has 1 N–H and O–H groups in total. The average molecular weight is 839 g/mol. The van der Waals surface area contributed by atoms with Gasteiger partial charge in [-0.1, -0.05) is 129 Å². The van der Waals surface area contributed by atoms with E-state index in [1.54, 1.807) is 12.1 Å². The van der Waals surface area contributed by atoms with Gasteiger partial charge in [0.25, 0.3) is 11.8 Å². The van der Waals surface area contributed by atoms with Gasteiger partial charge in [0.1, 0.15) is 33.9 Å². The third kappa shape index (κ3) is 11.9.